The fourth-order valence-corrected chi connectivity index (χ4v) is 1.91. The van der Waals surface area contributed by atoms with E-state index in [2.05, 4.69) is 31.1 Å². The van der Waals surface area contributed by atoms with Crippen LogP contribution in [0, 0.1) is 11.4 Å². The number of unbranched alkanes of at least 4 members (excludes halogenated alkanes) is 2. The molecule has 1 amide bonds. The van der Waals surface area contributed by atoms with Crippen LogP contribution in [-0.4, -0.2) is 17.4 Å². The third-order valence-electron chi connectivity index (χ3n) is 3.19. The third-order valence-corrected chi connectivity index (χ3v) is 3.19. The largest absolute Gasteiger partial charge is 0.351 e. The van der Waals surface area contributed by atoms with Crippen molar-refractivity contribution >= 4 is 5.91 Å². The van der Waals surface area contributed by atoms with E-state index in [4.69, 9.17) is 0 Å². The third kappa shape index (κ3) is 5.37. The molecule has 0 spiro atoms. The van der Waals surface area contributed by atoms with Crippen LogP contribution in [0.25, 0.3) is 0 Å². The van der Waals surface area contributed by atoms with E-state index in [1.54, 1.807) is 6.07 Å². The van der Waals surface area contributed by atoms with Crippen molar-refractivity contribution in [1.82, 2.24) is 10.3 Å². The van der Waals surface area contributed by atoms with Crippen molar-refractivity contribution in [2.24, 2.45) is 5.41 Å². The molecule has 0 atom stereocenters. The van der Waals surface area contributed by atoms with Gasteiger partial charge >= 0.3 is 0 Å². The Labute approximate surface area is 114 Å². The van der Waals surface area contributed by atoms with Crippen LogP contribution in [0.3, 0.4) is 0 Å². The van der Waals surface area contributed by atoms with E-state index in [0.29, 0.717) is 6.54 Å². The molecule has 0 aliphatic heterocycles. The fourth-order valence-electron chi connectivity index (χ4n) is 1.91. The van der Waals surface area contributed by atoms with Crippen LogP contribution in [0.4, 0.5) is 4.39 Å². The Bertz CT molecular complexity index is 418. The molecule has 3 nitrogen and oxygen atoms in total. The van der Waals surface area contributed by atoms with E-state index in [0.717, 1.165) is 12.8 Å². The Morgan fingerprint density at radius 3 is 2.79 bits per heavy atom. The standard InChI is InChI=1S/C15H23FN2O/c1-4-5-6-9-15(2,3)11-18-14(19)12-8-7-10-17-13(12)16/h7-8,10H,4-6,9,11H2,1-3H3,(H,18,19). The molecule has 0 radical (unpaired) electrons. The summed E-state index contributed by atoms with van der Waals surface area (Å²) in [4.78, 5) is 15.3. The first-order chi connectivity index (χ1) is 8.96. The van der Waals surface area contributed by atoms with E-state index in [1.165, 1.54) is 25.1 Å². The lowest BCUT2D eigenvalue weighted by atomic mass is 9.87. The predicted molar refractivity (Wildman–Crippen MR) is 74.5 cm³/mol. The van der Waals surface area contributed by atoms with Gasteiger partial charge in [0.15, 0.2) is 0 Å². The van der Waals surface area contributed by atoms with Gasteiger partial charge in [-0.3, -0.25) is 4.79 Å². The van der Waals surface area contributed by atoms with Gasteiger partial charge in [-0.05, 0) is 24.0 Å². The summed E-state index contributed by atoms with van der Waals surface area (Å²) in [6, 6.07) is 3.01. The molecule has 106 valence electrons. The minimum atomic E-state index is -0.719. The number of hydrogen-bond acceptors (Lipinski definition) is 2. The van der Waals surface area contributed by atoms with E-state index in [1.807, 2.05) is 0 Å². The molecule has 0 aromatic carbocycles. The van der Waals surface area contributed by atoms with Gasteiger partial charge in [0.2, 0.25) is 5.95 Å². The number of nitrogens with one attached hydrogen (secondary N) is 1. The van der Waals surface area contributed by atoms with Gasteiger partial charge in [0, 0.05) is 12.7 Å². The lowest BCUT2D eigenvalue weighted by molar-refractivity contribution is 0.0929. The Morgan fingerprint density at radius 1 is 1.42 bits per heavy atom. The van der Waals surface area contributed by atoms with Crippen molar-refractivity contribution < 1.29 is 9.18 Å². The zero-order chi connectivity index (χ0) is 14.3. The van der Waals surface area contributed by atoms with Gasteiger partial charge in [0.1, 0.15) is 0 Å². The smallest absolute Gasteiger partial charge is 0.255 e. The van der Waals surface area contributed by atoms with Crippen molar-refractivity contribution in [1.29, 1.82) is 0 Å². The first-order valence-electron chi connectivity index (χ1n) is 6.85. The summed E-state index contributed by atoms with van der Waals surface area (Å²) in [6.07, 6.45) is 5.93. The van der Waals surface area contributed by atoms with Gasteiger partial charge in [-0.25, -0.2) is 4.98 Å². The number of pyridine rings is 1. The van der Waals surface area contributed by atoms with Crippen molar-refractivity contribution in [2.45, 2.75) is 46.5 Å². The molecule has 0 bridgehead atoms. The van der Waals surface area contributed by atoms with Crippen LogP contribution in [0.15, 0.2) is 18.3 Å². The van der Waals surface area contributed by atoms with Crippen molar-refractivity contribution in [3.05, 3.63) is 29.8 Å². The molecule has 4 heteroatoms. The molecular weight excluding hydrogens is 243 g/mol. The molecule has 0 saturated heterocycles. The second-order valence-corrected chi connectivity index (χ2v) is 5.65. The predicted octanol–water partition coefficient (Wildman–Crippen LogP) is 3.56. The maximum Gasteiger partial charge on any atom is 0.255 e. The van der Waals surface area contributed by atoms with Crippen LogP contribution in [0.5, 0.6) is 0 Å². The van der Waals surface area contributed by atoms with Gasteiger partial charge in [0.25, 0.3) is 5.91 Å². The summed E-state index contributed by atoms with van der Waals surface area (Å²) in [5, 5.41) is 2.79. The van der Waals surface area contributed by atoms with E-state index >= 15 is 0 Å². The summed E-state index contributed by atoms with van der Waals surface area (Å²) in [7, 11) is 0. The highest BCUT2D eigenvalue weighted by molar-refractivity contribution is 5.94. The maximum absolute atomic E-state index is 13.3. The number of hydrogen-bond donors (Lipinski definition) is 1. The highest BCUT2D eigenvalue weighted by Gasteiger charge is 2.20. The second-order valence-electron chi connectivity index (χ2n) is 5.65. The van der Waals surface area contributed by atoms with Crippen LogP contribution in [-0.2, 0) is 0 Å². The fraction of sp³-hybridized carbons (Fsp3) is 0.600. The van der Waals surface area contributed by atoms with Gasteiger partial charge < -0.3 is 5.32 Å². The molecule has 0 saturated carbocycles. The number of carbonyl (C=O) groups is 1. The molecule has 0 aliphatic carbocycles. The zero-order valence-electron chi connectivity index (χ0n) is 12.0. The minimum absolute atomic E-state index is 0.00635. The number of halogens is 1. The van der Waals surface area contributed by atoms with Crippen LogP contribution >= 0.6 is 0 Å². The number of amides is 1. The van der Waals surface area contributed by atoms with Crippen molar-refractivity contribution in [3.8, 4) is 0 Å². The van der Waals surface area contributed by atoms with Crippen molar-refractivity contribution in [2.75, 3.05) is 6.54 Å². The average molecular weight is 266 g/mol. The monoisotopic (exact) mass is 266 g/mol. The van der Waals surface area contributed by atoms with Gasteiger partial charge in [-0.1, -0.05) is 40.0 Å². The van der Waals surface area contributed by atoms with E-state index in [9.17, 15) is 9.18 Å². The van der Waals surface area contributed by atoms with Gasteiger partial charge in [0.05, 0.1) is 5.56 Å². The second kappa shape index (κ2) is 7.22. The topological polar surface area (TPSA) is 42.0 Å². The number of carbonyl (C=O) groups excluding carboxylic acids is 1. The SMILES string of the molecule is CCCCCC(C)(C)CNC(=O)c1cccnc1F. The Hall–Kier alpha value is -1.45. The Kier molecular flexibility index (Phi) is 5.93. The zero-order valence-corrected chi connectivity index (χ0v) is 12.0. The summed E-state index contributed by atoms with van der Waals surface area (Å²) in [5.41, 5.74) is 0.0376. The molecule has 1 rings (SSSR count). The number of nitrogens with zero attached hydrogens (tertiary/aromatic N) is 1. The molecule has 1 heterocycles. The summed E-state index contributed by atoms with van der Waals surface area (Å²) in [5.74, 6) is -1.11. The molecule has 1 N–H and O–H groups in total. The summed E-state index contributed by atoms with van der Waals surface area (Å²) >= 11 is 0. The lowest BCUT2D eigenvalue weighted by Gasteiger charge is -2.25. The van der Waals surface area contributed by atoms with Gasteiger partial charge in [-0.2, -0.15) is 4.39 Å². The van der Waals surface area contributed by atoms with Crippen molar-refractivity contribution in [3.63, 3.8) is 0 Å². The van der Waals surface area contributed by atoms with E-state index < -0.39 is 11.9 Å². The van der Waals surface area contributed by atoms with Gasteiger partial charge in [-0.15, -0.1) is 0 Å². The molecular formula is C15H23FN2O. The number of aromatic nitrogens is 1. The Balaban J connectivity index is 2.47. The highest BCUT2D eigenvalue weighted by Crippen LogP contribution is 2.22. The maximum atomic E-state index is 13.3. The lowest BCUT2D eigenvalue weighted by Crippen LogP contribution is -2.34. The highest BCUT2D eigenvalue weighted by atomic mass is 19.1. The molecule has 0 fully saturated rings. The summed E-state index contributed by atoms with van der Waals surface area (Å²) in [6.45, 7) is 6.94. The minimum Gasteiger partial charge on any atom is -0.351 e. The molecule has 19 heavy (non-hydrogen) atoms. The first-order valence-corrected chi connectivity index (χ1v) is 6.85. The van der Waals surface area contributed by atoms with E-state index in [-0.39, 0.29) is 11.0 Å². The normalized spacial score (nSPS) is 11.4. The van der Waals surface area contributed by atoms with Crippen LogP contribution < -0.4 is 5.32 Å². The molecule has 1 aromatic heterocycles. The summed E-state index contributed by atoms with van der Waals surface area (Å²) < 4.78 is 13.3. The molecule has 0 unspecified atom stereocenters. The first kappa shape index (κ1) is 15.6. The quantitative estimate of drug-likeness (QED) is 0.605. The Morgan fingerprint density at radius 2 is 2.16 bits per heavy atom. The average Bonchev–Trinajstić information content (AvgIpc) is 2.37. The number of rotatable bonds is 7. The molecule has 0 aliphatic rings. The molecule has 1 aromatic rings. The van der Waals surface area contributed by atoms with Crippen LogP contribution in [0.2, 0.25) is 0 Å². The van der Waals surface area contributed by atoms with Crippen LogP contribution in [0.1, 0.15) is 56.8 Å².